The molecule has 3 aliphatic heterocycles. The highest BCUT2D eigenvalue weighted by Crippen LogP contribution is 2.33. The van der Waals surface area contributed by atoms with Gasteiger partial charge in [0.2, 0.25) is 47.3 Å². The number of likely N-dealkylation sites (tertiary alicyclic amines) is 1. The summed E-state index contributed by atoms with van der Waals surface area (Å²) in [6.45, 7) is 33.5. The van der Waals surface area contributed by atoms with Gasteiger partial charge in [0.05, 0.1) is 31.4 Å². The molecule has 3 rings (SSSR count). The van der Waals surface area contributed by atoms with E-state index in [0.717, 1.165) is 0 Å². The zero-order valence-electron chi connectivity index (χ0n) is 62.1. The number of Topliss-reactive ketones (excluding diaryl/α,β-unsaturated/α-hetero) is 3. The number of aliphatic hydroxyl groups is 1. The number of rotatable bonds is 16. The lowest BCUT2D eigenvalue weighted by molar-refractivity contribution is -0.185. The maximum absolute atomic E-state index is 15.5. The lowest BCUT2D eigenvalue weighted by atomic mass is 9.84. The van der Waals surface area contributed by atoms with Gasteiger partial charge in [-0.05, 0) is 100 Å². The molecule has 0 bridgehead atoms. The normalized spacial score (nSPS) is 28.9. The fraction of sp³-hybridized carbons (Fsp3) is 0.845. The van der Waals surface area contributed by atoms with E-state index < -0.39 is 161 Å². The van der Waals surface area contributed by atoms with Gasteiger partial charge in [-0.25, -0.2) is 0 Å². The molecule has 0 aliphatic carbocycles. The molecule has 0 aromatic rings. The van der Waals surface area contributed by atoms with Gasteiger partial charge in [0.25, 0.3) is 0 Å². The Morgan fingerprint density at radius 3 is 1.36 bits per heavy atom. The first kappa shape index (κ1) is 82.8. The quantitative estimate of drug-likeness (QED) is 0.174. The van der Waals surface area contributed by atoms with Crippen LogP contribution in [-0.2, 0) is 62.2 Å². The number of nitrogens with one attached hydrogen (secondary N) is 1. The minimum absolute atomic E-state index is 0.0728. The number of hydrogen-bond donors (Lipinski definition) is 2. The molecule has 94 heavy (non-hydrogen) atoms. The Morgan fingerprint density at radius 1 is 0.479 bits per heavy atom. The van der Waals surface area contributed by atoms with Crippen molar-refractivity contribution in [2.24, 2.45) is 59.2 Å². The minimum Gasteiger partial charge on any atom is -0.390 e. The molecule has 3 fully saturated rings. The first-order valence-corrected chi connectivity index (χ1v) is 35.0. The van der Waals surface area contributed by atoms with Crippen LogP contribution < -0.4 is 5.32 Å². The van der Waals surface area contributed by atoms with Gasteiger partial charge < -0.3 is 59.1 Å². The van der Waals surface area contributed by atoms with E-state index in [2.05, 4.69) is 10.2 Å². The van der Waals surface area contributed by atoms with Gasteiger partial charge in [0, 0.05) is 112 Å². The molecule has 13 atom stereocenters. The number of ether oxygens (including phenoxy) is 2. The van der Waals surface area contributed by atoms with Crippen molar-refractivity contribution in [3.05, 3.63) is 0 Å². The van der Waals surface area contributed by atoms with E-state index in [1.165, 1.54) is 90.6 Å². The lowest BCUT2D eigenvalue weighted by Gasteiger charge is -2.42. The number of amides is 8. The second-order valence-electron chi connectivity index (χ2n) is 30.3. The molecule has 0 radical (unpaired) electrons. The third kappa shape index (κ3) is 21.8. The number of piperidine rings is 1. The molecule has 2 N–H and O–H groups in total. The second kappa shape index (κ2) is 36.8. The van der Waals surface area contributed by atoms with Gasteiger partial charge in [0.15, 0.2) is 23.1 Å². The molecule has 538 valence electrons. The van der Waals surface area contributed by atoms with Gasteiger partial charge in [-0.15, -0.1) is 0 Å². The molecule has 3 heterocycles. The molecule has 1 unspecified atom stereocenters. The fourth-order valence-electron chi connectivity index (χ4n) is 13.7. The van der Waals surface area contributed by atoms with Crippen LogP contribution >= 0.6 is 0 Å². The Hall–Kier alpha value is -5.39. The predicted octanol–water partition coefficient (Wildman–Crippen LogP) is 6.19. The van der Waals surface area contributed by atoms with Crippen LogP contribution in [0.3, 0.4) is 0 Å². The third-order valence-electron chi connectivity index (χ3n) is 20.1. The molecule has 3 saturated heterocycles. The maximum atomic E-state index is 15.5. The van der Waals surface area contributed by atoms with Crippen molar-refractivity contribution in [3.8, 4) is 0 Å². The number of ketones is 3. The maximum Gasteiger partial charge on any atom is 0.246 e. The number of carbonyl (C=O) groups is 11. The van der Waals surface area contributed by atoms with Crippen molar-refractivity contribution in [3.63, 3.8) is 0 Å². The standard InChI is InChI=1S/C71H125N9O14/c1-25-51-39-59(83)61(62(84)47(14)26-29-80-30-27-71(28-31-80)93-32-33-94-71)79(24)70(92)60(46(12)13)78(23)69(91)56(37-44(8)9)77(22)68(90)55(36-43(6)7)76(21)64(86)49(16)72-63(85)48(15)38-57(81)53(34-41(2)3)75(20)67(89)52(45(10)11)40-58(82)54(35-42(4)5)74(19)65(87)50(17)73(18)66(51)88/h41-56,60-62,84H,25-40H2,1-24H3,(H,72,85)/t47-,48+,49+,50-,51+,52-,53?,54+,55-,56-,60-,61+,62-/m1/s1. The Kier molecular flexibility index (Phi) is 32.4. The Morgan fingerprint density at radius 2 is 0.904 bits per heavy atom. The molecule has 1 spiro atoms. The Bertz CT molecular complexity index is 2580. The van der Waals surface area contributed by atoms with Crippen LogP contribution in [0.1, 0.15) is 188 Å². The zero-order valence-corrected chi connectivity index (χ0v) is 62.1. The molecule has 0 saturated carbocycles. The monoisotopic (exact) mass is 1330 g/mol. The van der Waals surface area contributed by atoms with E-state index in [1.807, 2.05) is 76.2 Å². The van der Waals surface area contributed by atoms with E-state index in [-0.39, 0.29) is 74.4 Å². The van der Waals surface area contributed by atoms with Crippen molar-refractivity contribution in [2.75, 3.05) is 82.2 Å². The summed E-state index contributed by atoms with van der Waals surface area (Å²) in [6, 6.07) is -9.36. The van der Waals surface area contributed by atoms with Crippen LogP contribution in [0.15, 0.2) is 0 Å². The van der Waals surface area contributed by atoms with E-state index in [0.29, 0.717) is 52.1 Å². The minimum atomic E-state index is -1.52. The van der Waals surface area contributed by atoms with Crippen molar-refractivity contribution in [1.82, 2.24) is 44.5 Å². The molecule has 0 aromatic heterocycles. The first-order chi connectivity index (χ1) is 43.6. The molecule has 3 aliphatic rings. The van der Waals surface area contributed by atoms with E-state index in [9.17, 15) is 38.7 Å². The number of carbonyl (C=O) groups excluding carboxylic acids is 11. The summed E-state index contributed by atoms with van der Waals surface area (Å²) in [6.07, 6.45) is 0.258. The molecule has 23 nitrogen and oxygen atoms in total. The van der Waals surface area contributed by atoms with Crippen LogP contribution in [0.4, 0.5) is 0 Å². The van der Waals surface area contributed by atoms with Crippen LogP contribution in [0.25, 0.3) is 0 Å². The van der Waals surface area contributed by atoms with Crippen LogP contribution in [0.2, 0.25) is 0 Å². The summed E-state index contributed by atoms with van der Waals surface area (Å²) < 4.78 is 11.9. The van der Waals surface area contributed by atoms with Crippen molar-refractivity contribution < 1.29 is 67.3 Å². The average molecular weight is 1330 g/mol. The van der Waals surface area contributed by atoms with Crippen LogP contribution in [-0.4, -0.2) is 251 Å². The number of likely N-dealkylation sites (N-methyl/N-ethyl adjacent to an activating group) is 7. The lowest BCUT2D eigenvalue weighted by Crippen LogP contribution is -2.62. The van der Waals surface area contributed by atoms with Crippen molar-refractivity contribution in [1.29, 1.82) is 0 Å². The number of nitrogens with zero attached hydrogens (tertiary/aromatic N) is 8. The molecular weight excluding hydrogens is 1200 g/mol. The van der Waals surface area contributed by atoms with Gasteiger partial charge in [-0.1, -0.05) is 104 Å². The molecule has 8 amide bonds. The van der Waals surface area contributed by atoms with Gasteiger partial charge in [0.1, 0.15) is 36.3 Å². The van der Waals surface area contributed by atoms with Gasteiger partial charge in [-0.2, -0.15) is 0 Å². The zero-order chi connectivity index (χ0) is 71.9. The summed E-state index contributed by atoms with van der Waals surface area (Å²) >= 11 is 0. The smallest absolute Gasteiger partial charge is 0.246 e. The third-order valence-corrected chi connectivity index (χ3v) is 20.1. The summed E-state index contributed by atoms with van der Waals surface area (Å²) in [7, 11) is 10.3. The van der Waals surface area contributed by atoms with Crippen molar-refractivity contribution in [2.45, 2.75) is 249 Å². The second-order valence-corrected chi connectivity index (χ2v) is 30.3. The highest BCUT2D eigenvalue weighted by Gasteiger charge is 2.47. The highest BCUT2D eigenvalue weighted by molar-refractivity contribution is 6.00. The number of aliphatic hydroxyl groups excluding tert-OH is 1. The summed E-state index contributed by atoms with van der Waals surface area (Å²) in [5.41, 5.74) is 0. The Balaban J connectivity index is 2.29. The van der Waals surface area contributed by atoms with Crippen LogP contribution in [0, 0.1) is 59.2 Å². The van der Waals surface area contributed by atoms with E-state index >= 15 is 19.2 Å². The highest BCUT2D eigenvalue weighted by atomic mass is 16.7. The van der Waals surface area contributed by atoms with Crippen molar-refractivity contribution >= 4 is 64.6 Å². The molecule has 0 aromatic carbocycles. The van der Waals surface area contributed by atoms with Gasteiger partial charge >= 0.3 is 0 Å². The van der Waals surface area contributed by atoms with E-state index in [4.69, 9.17) is 9.47 Å². The summed E-state index contributed by atoms with van der Waals surface area (Å²) in [5.74, 6) is -11.5. The first-order valence-electron chi connectivity index (χ1n) is 35.0. The molecule has 23 heteroatoms. The SMILES string of the molecule is CC[C@H]1CC(=O)[C@@H]([C@H](O)[C@H](C)CCN2CCC3(CC2)OCCO3)N(C)C(=O)[C@@H](C(C)C)N(C)C(=O)[C@@H](CC(C)C)N(C)C(=O)[C@@H](CC(C)C)N(C)C(=O)[C@H](C)NC(=O)[C@@H](C)CC(=O)C(CC(C)C)N(C)C(=O)[C@@H](C(C)C)CC(=O)[C@H](CC(C)C)N(C)C(=O)[C@@H](C)N(C)C1=O. The largest absolute Gasteiger partial charge is 0.390 e. The summed E-state index contributed by atoms with van der Waals surface area (Å²) in [5, 5.41) is 15.4. The predicted molar refractivity (Wildman–Crippen MR) is 362 cm³/mol. The average Bonchev–Trinajstić information content (AvgIpc) is 0.851. The van der Waals surface area contributed by atoms with Crippen LogP contribution in [0.5, 0.6) is 0 Å². The topological polar surface area (TPSA) is 264 Å². The van der Waals surface area contributed by atoms with Gasteiger partial charge in [-0.3, -0.25) is 52.7 Å². The fourth-order valence-corrected chi connectivity index (χ4v) is 13.7. The number of hydrogen-bond acceptors (Lipinski definition) is 15. The summed E-state index contributed by atoms with van der Waals surface area (Å²) in [4.78, 5) is 175. The Labute approximate surface area is 564 Å². The van der Waals surface area contributed by atoms with E-state index in [1.54, 1.807) is 34.6 Å². The molecular formula is C71H125N9O14.